The maximum absolute atomic E-state index is 8.94. The lowest BCUT2D eigenvalue weighted by molar-refractivity contribution is 0.0871. The Bertz CT molecular complexity index is 1190. The maximum Gasteiger partial charge on any atom is 0.183 e. The minimum atomic E-state index is 0.00127. The van der Waals surface area contributed by atoms with Crippen LogP contribution in [-0.4, -0.2) is 46.0 Å². The van der Waals surface area contributed by atoms with Crippen molar-refractivity contribution in [3.63, 3.8) is 0 Å². The zero-order chi connectivity index (χ0) is 22.5. The quantitative estimate of drug-likeness (QED) is 0.289. The fourth-order valence-corrected chi connectivity index (χ4v) is 4.49. The van der Waals surface area contributed by atoms with Gasteiger partial charge in [0.05, 0.1) is 46.6 Å². The van der Waals surface area contributed by atoms with Crippen LogP contribution >= 0.6 is 34.5 Å². The van der Waals surface area contributed by atoms with Crippen molar-refractivity contribution in [2.24, 2.45) is 0 Å². The van der Waals surface area contributed by atoms with Gasteiger partial charge >= 0.3 is 0 Å². The van der Waals surface area contributed by atoms with E-state index in [1.807, 2.05) is 6.07 Å². The minimum Gasteiger partial charge on any atom is -0.394 e. The van der Waals surface area contributed by atoms with Gasteiger partial charge in [0.15, 0.2) is 5.13 Å². The van der Waals surface area contributed by atoms with Crippen LogP contribution in [0.2, 0.25) is 10.0 Å². The largest absolute Gasteiger partial charge is 0.394 e. The van der Waals surface area contributed by atoms with E-state index in [9.17, 15) is 0 Å². The Balaban J connectivity index is 1.46. The Morgan fingerprint density at radius 1 is 1.09 bits per heavy atom. The number of benzene rings is 2. The van der Waals surface area contributed by atoms with Gasteiger partial charge < -0.3 is 19.7 Å². The van der Waals surface area contributed by atoms with Crippen LogP contribution in [0.3, 0.4) is 0 Å². The lowest BCUT2D eigenvalue weighted by Crippen LogP contribution is -2.14. The van der Waals surface area contributed by atoms with E-state index in [0.717, 1.165) is 33.2 Å². The first-order valence-corrected chi connectivity index (χ1v) is 12.0. The van der Waals surface area contributed by atoms with E-state index in [4.69, 9.17) is 43.0 Å². The monoisotopic (exact) mass is 490 g/mol. The van der Waals surface area contributed by atoms with Gasteiger partial charge in [0, 0.05) is 30.5 Å². The molecule has 4 rings (SSSR count). The van der Waals surface area contributed by atoms with Gasteiger partial charge in [-0.15, -0.1) is 11.3 Å². The molecule has 32 heavy (non-hydrogen) atoms. The smallest absolute Gasteiger partial charge is 0.183 e. The summed E-state index contributed by atoms with van der Waals surface area (Å²) < 4.78 is 7.55. The zero-order valence-electron chi connectivity index (χ0n) is 17.6. The van der Waals surface area contributed by atoms with Crippen LogP contribution in [0.4, 0.5) is 5.13 Å². The molecular weight excluding hydrogens is 467 g/mol. The van der Waals surface area contributed by atoms with Gasteiger partial charge in [0.1, 0.15) is 5.82 Å². The second-order valence-corrected chi connectivity index (χ2v) is 9.02. The van der Waals surface area contributed by atoms with Crippen molar-refractivity contribution in [2.75, 3.05) is 31.7 Å². The topological polar surface area (TPSA) is 72.2 Å². The summed E-state index contributed by atoms with van der Waals surface area (Å²) in [7, 11) is 0. The van der Waals surface area contributed by atoms with Gasteiger partial charge in [0.2, 0.25) is 0 Å². The van der Waals surface area contributed by atoms with Gasteiger partial charge in [-0.25, -0.2) is 9.97 Å². The SMILES string of the molecule is Cc1ccc(-c2csc(NCCc3nc4cc(Cl)c(Cl)cc4n3CCOCCO)n2)cc1. The number of ether oxygens (including phenoxy) is 1. The van der Waals surface area contributed by atoms with Crippen molar-refractivity contribution in [1.82, 2.24) is 14.5 Å². The minimum absolute atomic E-state index is 0.00127. The Morgan fingerprint density at radius 3 is 2.66 bits per heavy atom. The predicted octanol–water partition coefficient (Wildman–Crippen LogP) is 5.44. The van der Waals surface area contributed by atoms with Crippen molar-refractivity contribution in [2.45, 2.75) is 19.9 Å². The number of hydrogen-bond donors (Lipinski definition) is 2. The molecule has 0 bridgehead atoms. The molecule has 0 aliphatic rings. The Kier molecular flexibility index (Phi) is 7.65. The van der Waals surface area contributed by atoms with Gasteiger partial charge in [0.25, 0.3) is 0 Å². The molecule has 2 N–H and O–H groups in total. The van der Waals surface area contributed by atoms with Gasteiger partial charge in [-0.05, 0) is 19.1 Å². The van der Waals surface area contributed by atoms with Gasteiger partial charge in [-0.3, -0.25) is 0 Å². The molecule has 168 valence electrons. The molecule has 0 saturated carbocycles. The highest BCUT2D eigenvalue weighted by molar-refractivity contribution is 7.14. The lowest BCUT2D eigenvalue weighted by atomic mass is 10.1. The van der Waals surface area contributed by atoms with Gasteiger partial charge in [-0.2, -0.15) is 0 Å². The molecule has 0 fully saturated rings. The highest BCUT2D eigenvalue weighted by atomic mass is 35.5. The third-order valence-electron chi connectivity index (χ3n) is 5.04. The third kappa shape index (κ3) is 5.42. The molecule has 0 radical (unpaired) electrons. The van der Waals surface area contributed by atoms with Gasteiger partial charge in [-0.1, -0.05) is 53.0 Å². The van der Waals surface area contributed by atoms with Crippen LogP contribution in [-0.2, 0) is 17.7 Å². The number of aryl methyl sites for hydroxylation is 1. The molecule has 4 aromatic rings. The average molecular weight is 491 g/mol. The number of aromatic nitrogens is 3. The number of imidazole rings is 1. The highest BCUT2D eigenvalue weighted by Crippen LogP contribution is 2.29. The fourth-order valence-electron chi connectivity index (χ4n) is 3.43. The normalized spacial score (nSPS) is 11.4. The van der Waals surface area contributed by atoms with Crippen LogP contribution in [0, 0.1) is 6.92 Å². The van der Waals surface area contributed by atoms with E-state index >= 15 is 0 Å². The number of aliphatic hydroxyl groups excluding tert-OH is 1. The number of anilines is 1. The summed E-state index contributed by atoms with van der Waals surface area (Å²) in [6, 6.07) is 12.0. The van der Waals surface area contributed by atoms with Crippen LogP contribution in [0.25, 0.3) is 22.3 Å². The molecule has 0 atom stereocenters. The third-order valence-corrected chi connectivity index (χ3v) is 6.56. The Labute approximate surface area is 200 Å². The summed E-state index contributed by atoms with van der Waals surface area (Å²) >= 11 is 14.0. The Morgan fingerprint density at radius 2 is 1.88 bits per heavy atom. The highest BCUT2D eigenvalue weighted by Gasteiger charge is 2.13. The number of nitrogens with one attached hydrogen (secondary N) is 1. The number of fused-ring (bicyclic) bond motifs is 1. The summed E-state index contributed by atoms with van der Waals surface area (Å²) in [5, 5.41) is 16.3. The van der Waals surface area contributed by atoms with Crippen molar-refractivity contribution < 1.29 is 9.84 Å². The fraction of sp³-hybridized carbons (Fsp3) is 0.304. The summed E-state index contributed by atoms with van der Waals surface area (Å²) in [6.07, 6.45) is 0.698. The summed E-state index contributed by atoms with van der Waals surface area (Å²) in [4.78, 5) is 9.47. The number of halogens is 2. The predicted molar refractivity (Wildman–Crippen MR) is 132 cm³/mol. The molecule has 2 heterocycles. The molecule has 2 aromatic heterocycles. The molecule has 0 spiro atoms. The molecule has 0 saturated heterocycles. The summed E-state index contributed by atoms with van der Waals surface area (Å²) in [6.45, 7) is 4.15. The zero-order valence-corrected chi connectivity index (χ0v) is 20.0. The summed E-state index contributed by atoms with van der Waals surface area (Å²) in [5.74, 6) is 0.911. The van der Waals surface area contributed by atoms with Crippen molar-refractivity contribution >= 4 is 50.7 Å². The number of rotatable bonds is 10. The number of hydrogen-bond acceptors (Lipinski definition) is 6. The van der Waals surface area contributed by atoms with Crippen LogP contribution < -0.4 is 5.32 Å². The molecule has 0 aliphatic carbocycles. The van der Waals surface area contributed by atoms with Crippen molar-refractivity contribution in [3.8, 4) is 11.3 Å². The number of nitrogens with zero attached hydrogens (tertiary/aromatic N) is 3. The van der Waals surface area contributed by atoms with E-state index < -0.39 is 0 Å². The van der Waals surface area contributed by atoms with Crippen molar-refractivity contribution in [1.29, 1.82) is 0 Å². The van der Waals surface area contributed by atoms with E-state index in [2.05, 4.69) is 46.5 Å². The van der Waals surface area contributed by atoms with Crippen LogP contribution in [0.5, 0.6) is 0 Å². The molecule has 2 aromatic carbocycles. The Hall–Kier alpha value is -2.16. The first kappa shape index (κ1) is 23.0. The molecule has 6 nitrogen and oxygen atoms in total. The number of thiazole rings is 1. The van der Waals surface area contributed by atoms with E-state index in [1.54, 1.807) is 17.4 Å². The molecule has 9 heteroatoms. The second-order valence-electron chi connectivity index (χ2n) is 7.35. The van der Waals surface area contributed by atoms with E-state index in [1.165, 1.54) is 5.56 Å². The van der Waals surface area contributed by atoms with E-state index in [0.29, 0.717) is 42.8 Å². The first-order valence-electron chi connectivity index (χ1n) is 10.3. The second kappa shape index (κ2) is 10.6. The van der Waals surface area contributed by atoms with Crippen molar-refractivity contribution in [3.05, 3.63) is 63.2 Å². The standard InChI is InChI=1S/C23H24Cl2N4O2S/c1-15-2-4-16(5-3-15)20-14-32-23(28-20)26-7-6-22-27-19-12-17(24)18(25)13-21(19)29(22)8-10-31-11-9-30/h2-5,12-14,30H,6-11H2,1H3,(H,26,28). The first-order chi connectivity index (χ1) is 15.5. The van der Waals surface area contributed by atoms with Crippen LogP contribution in [0.1, 0.15) is 11.4 Å². The van der Waals surface area contributed by atoms with E-state index in [-0.39, 0.29) is 6.61 Å². The molecule has 0 unspecified atom stereocenters. The molecular formula is C23H24Cl2N4O2S. The van der Waals surface area contributed by atoms with Crippen LogP contribution in [0.15, 0.2) is 41.8 Å². The molecule has 0 aliphatic heterocycles. The summed E-state index contributed by atoms with van der Waals surface area (Å²) in [5.41, 5.74) is 5.02. The lowest BCUT2D eigenvalue weighted by Gasteiger charge is -2.10. The number of aliphatic hydroxyl groups is 1. The average Bonchev–Trinajstić information content (AvgIpc) is 3.37. The molecule has 0 amide bonds. The maximum atomic E-state index is 8.94.